The van der Waals surface area contributed by atoms with Gasteiger partial charge in [0, 0.05) is 17.5 Å². The van der Waals surface area contributed by atoms with Crippen molar-refractivity contribution < 1.29 is 9.84 Å². The third kappa shape index (κ3) is 1.96. The number of alkyl halides is 1. The highest BCUT2D eigenvalue weighted by Crippen LogP contribution is 2.67. The summed E-state index contributed by atoms with van der Waals surface area (Å²) in [5.41, 5.74) is 4.08. The minimum absolute atomic E-state index is 0.105. The molecule has 1 aromatic rings. The fourth-order valence-corrected chi connectivity index (χ4v) is 3.67. The Morgan fingerprint density at radius 1 is 1.71 bits per heavy atom. The van der Waals surface area contributed by atoms with Gasteiger partial charge in [0.2, 0.25) is 0 Å². The second-order valence-electron chi connectivity index (χ2n) is 5.39. The van der Waals surface area contributed by atoms with Gasteiger partial charge in [0.1, 0.15) is 11.4 Å². The monoisotopic (exact) mass is 329 g/mol. The van der Waals surface area contributed by atoms with E-state index in [1.807, 2.05) is 0 Å². The normalized spacial score (nSPS) is 38.3. The standard InChI is InChI=1S/C13H13Cl2N3O3/c1-7(19)13-6-8(13)12(15,3-4-14)10(21-13)18-5-2-9(16)17-11(18)20/h2,5,7-8,10,19H,6H2,1H3,(H2,16,17,20)/t7-,8?,10-,12?,13?/m1/s1. The van der Waals surface area contributed by atoms with Crippen molar-refractivity contribution in [2.24, 2.45) is 5.92 Å². The summed E-state index contributed by atoms with van der Waals surface area (Å²) in [6, 6.07) is 1.47. The first-order valence-electron chi connectivity index (χ1n) is 6.37. The predicted octanol–water partition coefficient (Wildman–Crippen LogP) is 0.671. The van der Waals surface area contributed by atoms with E-state index in [0.717, 1.165) is 0 Å². The van der Waals surface area contributed by atoms with Crippen molar-refractivity contribution in [1.82, 2.24) is 9.55 Å². The molecule has 0 aromatic carbocycles. The maximum atomic E-state index is 12.0. The van der Waals surface area contributed by atoms with Gasteiger partial charge >= 0.3 is 5.69 Å². The maximum absolute atomic E-state index is 12.0. The molecule has 112 valence electrons. The van der Waals surface area contributed by atoms with Gasteiger partial charge < -0.3 is 15.6 Å². The molecule has 3 N–H and O–H groups in total. The number of fused-ring (bicyclic) bond motifs is 1. The molecule has 1 aliphatic carbocycles. The molecule has 6 nitrogen and oxygen atoms in total. The van der Waals surface area contributed by atoms with E-state index in [4.69, 9.17) is 33.7 Å². The van der Waals surface area contributed by atoms with E-state index in [1.165, 1.54) is 16.8 Å². The summed E-state index contributed by atoms with van der Waals surface area (Å²) >= 11 is 12.1. The average molecular weight is 330 g/mol. The molecule has 3 unspecified atom stereocenters. The summed E-state index contributed by atoms with van der Waals surface area (Å²) in [6.07, 6.45) is 0.385. The van der Waals surface area contributed by atoms with Crippen molar-refractivity contribution in [2.45, 2.75) is 36.2 Å². The Bertz CT molecular complexity index is 711. The van der Waals surface area contributed by atoms with Gasteiger partial charge in [0.05, 0.1) is 6.10 Å². The lowest BCUT2D eigenvalue weighted by molar-refractivity contribution is -0.0938. The van der Waals surface area contributed by atoms with Crippen LogP contribution in [-0.4, -0.2) is 31.2 Å². The van der Waals surface area contributed by atoms with Gasteiger partial charge in [-0.3, -0.25) is 4.57 Å². The molecule has 5 atom stereocenters. The molecule has 2 heterocycles. The topological polar surface area (TPSA) is 90.4 Å². The largest absolute Gasteiger partial charge is 0.390 e. The van der Waals surface area contributed by atoms with E-state index in [-0.39, 0.29) is 11.7 Å². The smallest absolute Gasteiger partial charge is 0.351 e. The predicted molar refractivity (Wildman–Crippen MR) is 77.8 cm³/mol. The highest BCUT2D eigenvalue weighted by atomic mass is 35.5. The number of aliphatic hydroxyl groups excluding tert-OH is 1. The van der Waals surface area contributed by atoms with E-state index < -0.39 is 28.5 Å². The molecule has 1 saturated heterocycles. The van der Waals surface area contributed by atoms with Crippen LogP contribution in [-0.2, 0) is 4.74 Å². The summed E-state index contributed by atoms with van der Waals surface area (Å²) in [7, 11) is 0. The molecule has 0 radical (unpaired) electrons. The number of nitrogens with two attached hydrogens (primary N) is 1. The first kappa shape index (κ1) is 14.7. The lowest BCUT2D eigenvalue weighted by Gasteiger charge is -2.27. The number of anilines is 1. The van der Waals surface area contributed by atoms with Crippen molar-refractivity contribution in [1.29, 1.82) is 0 Å². The first-order chi connectivity index (χ1) is 9.85. The van der Waals surface area contributed by atoms with Gasteiger partial charge in [-0.1, -0.05) is 17.5 Å². The van der Waals surface area contributed by atoms with Gasteiger partial charge in [-0.05, 0) is 31.0 Å². The summed E-state index contributed by atoms with van der Waals surface area (Å²) in [6.45, 7) is 1.62. The van der Waals surface area contributed by atoms with Crippen LogP contribution in [0.2, 0.25) is 0 Å². The zero-order valence-corrected chi connectivity index (χ0v) is 12.6. The number of hydrogen-bond acceptors (Lipinski definition) is 5. The molecule has 1 aromatic heterocycles. The first-order valence-corrected chi connectivity index (χ1v) is 7.13. The number of aliphatic hydroxyl groups is 1. The molecule has 8 heteroatoms. The van der Waals surface area contributed by atoms with Crippen LogP contribution in [0.15, 0.2) is 17.1 Å². The third-order valence-electron chi connectivity index (χ3n) is 4.20. The van der Waals surface area contributed by atoms with Crippen molar-refractivity contribution in [3.63, 3.8) is 0 Å². The fourth-order valence-electron chi connectivity index (χ4n) is 3.01. The van der Waals surface area contributed by atoms with Gasteiger partial charge in [0.15, 0.2) is 11.1 Å². The van der Waals surface area contributed by atoms with Crippen LogP contribution >= 0.6 is 23.2 Å². The summed E-state index contributed by atoms with van der Waals surface area (Å²) in [4.78, 5) is 14.5. The zero-order valence-electron chi connectivity index (χ0n) is 11.1. The number of ether oxygens (including phenoxy) is 1. The van der Waals surface area contributed by atoms with Crippen LogP contribution in [0.3, 0.4) is 0 Å². The van der Waals surface area contributed by atoms with Gasteiger partial charge in [-0.2, -0.15) is 4.98 Å². The third-order valence-corrected chi connectivity index (χ3v) is 4.84. The summed E-state index contributed by atoms with van der Waals surface area (Å²) in [5, 5.41) is 12.2. The molecule has 3 rings (SSSR count). The second-order valence-corrected chi connectivity index (χ2v) is 6.20. The minimum atomic E-state index is -1.19. The number of nitrogens with zero attached hydrogens (tertiary/aromatic N) is 2. The van der Waals surface area contributed by atoms with Gasteiger partial charge in [0.25, 0.3) is 0 Å². The second kappa shape index (κ2) is 4.62. The van der Waals surface area contributed by atoms with Crippen molar-refractivity contribution in [3.8, 4) is 11.3 Å². The van der Waals surface area contributed by atoms with Gasteiger partial charge in [-0.25, -0.2) is 4.79 Å². The molecular formula is C13H13Cl2N3O3. The Labute approximate surface area is 130 Å². The maximum Gasteiger partial charge on any atom is 0.351 e. The van der Waals surface area contributed by atoms with Gasteiger partial charge in [-0.15, -0.1) is 0 Å². The van der Waals surface area contributed by atoms with E-state index in [9.17, 15) is 9.90 Å². The molecule has 0 bridgehead atoms. The number of aromatic nitrogens is 2. The van der Waals surface area contributed by atoms with E-state index >= 15 is 0 Å². The Morgan fingerprint density at radius 3 is 3.00 bits per heavy atom. The molecule has 1 aliphatic heterocycles. The highest BCUT2D eigenvalue weighted by molar-refractivity contribution is 6.32. The highest BCUT2D eigenvalue weighted by Gasteiger charge is 2.76. The Kier molecular flexibility index (Phi) is 3.22. The lowest BCUT2D eigenvalue weighted by Crippen LogP contribution is -2.39. The van der Waals surface area contributed by atoms with Crippen LogP contribution in [0.25, 0.3) is 0 Å². The average Bonchev–Trinajstić information content (AvgIpc) is 3.08. The van der Waals surface area contributed by atoms with Crippen LogP contribution in [0.5, 0.6) is 0 Å². The Hall–Kier alpha value is -1.26. The van der Waals surface area contributed by atoms with Crippen LogP contribution in [0, 0.1) is 17.2 Å². The summed E-state index contributed by atoms with van der Waals surface area (Å²) < 4.78 is 7.12. The van der Waals surface area contributed by atoms with Crippen LogP contribution in [0.1, 0.15) is 19.6 Å². The molecular weight excluding hydrogens is 317 g/mol. The zero-order chi connectivity index (χ0) is 15.4. The fraction of sp³-hybridized carbons (Fsp3) is 0.538. The number of hydrogen-bond donors (Lipinski definition) is 2. The lowest BCUT2D eigenvalue weighted by atomic mass is 10.00. The van der Waals surface area contributed by atoms with Crippen molar-refractivity contribution in [3.05, 3.63) is 22.7 Å². The number of nitrogen functional groups attached to an aromatic ring is 1. The number of rotatable bonds is 2. The Morgan fingerprint density at radius 2 is 2.43 bits per heavy atom. The molecule has 0 spiro atoms. The quantitative estimate of drug-likeness (QED) is 0.614. The van der Waals surface area contributed by atoms with Crippen LogP contribution < -0.4 is 11.4 Å². The van der Waals surface area contributed by atoms with E-state index in [2.05, 4.69) is 16.3 Å². The minimum Gasteiger partial charge on any atom is -0.390 e. The number of halogens is 2. The molecule has 2 fully saturated rings. The SMILES string of the molecule is C[C@@H](O)C12CC1C(Cl)(C#CCl)[C@H](n1ccc(N)nc1=O)O2. The van der Waals surface area contributed by atoms with Crippen molar-refractivity contribution >= 4 is 29.0 Å². The summed E-state index contributed by atoms with van der Waals surface area (Å²) in [5.74, 6) is 2.60. The Balaban J connectivity index is 2.08. The molecule has 2 aliphatic rings. The van der Waals surface area contributed by atoms with Crippen LogP contribution in [0.4, 0.5) is 5.82 Å². The van der Waals surface area contributed by atoms with E-state index in [0.29, 0.717) is 6.42 Å². The van der Waals surface area contributed by atoms with Crippen molar-refractivity contribution in [2.75, 3.05) is 5.73 Å². The molecule has 0 amide bonds. The van der Waals surface area contributed by atoms with E-state index in [1.54, 1.807) is 6.92 Å². The molecule has 1 saturated carbocycles. The molecule has 21 heavy (non-hydrogen) atoms.